The molecule has 0 unspecified atom stereocenters. The van der Waals surface area contributed by atoms with Crippen molar-refractivity contribution in [3.8, 4) is 5.75 Å². The summed E-state index contributed by atoms with van der Waals surface area (Å²) in [6, 6.07) is 5.37. The molecule has 1 saturated carbocycles. The number of anilines is 1. The molecule has 0 atom stereocenters. The van der Waals surface area contributed by atoms with Gasteiger partial charge in [-0.2, -0.15) is 0 Å². The molecule has 1 aromatic carbocycles. The second kappa shape index (κ2) is 8.10. The summed E-state index contributed by atoms with van der Waals surface area (Å²) in [6.07, 6.45) is 3.51. The third-order valence-electron chi connectivity index (χ3n) is 3.20. The van der Waals surface area contributed by atoms with E-state index in [9.17, 15) is 0 Å². The number of guanidine groups is 1. The molecule has 1 aliphatic rings. The number of hydrogen-bond donors (Lipinski definition) is 2. The summed E-state index contributed by atoms with van der Waals surface area (Å²) in [5.74, 6) is 1.81. The van der Waals surface area contributed by atoms with Crippen LogP contribution in [0.1, 0.15) is 19.3 Å². The zero-order valence-corrected chi connectivity index (χ0v) is 13.0. The summed E-state index contributed by atoms with van der Waals surface area (Å²) in [7, 11) is 1.58. The topological polar surface area (TPSA) is 68.9 Å². The van der Waals surface area contributed by atoms with Crippen LogP contribution >= 0.6 is 11.6 Å². The highest BCUT2D eigenvalue weighted by atomic mass is 35.5. The van der Waals surface area contributed by atoms with Gasteiger partial charge in [0.25, 0.3) is 0 Å². The number of hydrogen-bond acceptors (Lipinski definition) is 3. The highest BCUT2D eigenvalue weighted by molar-refractivity contribution is 6.32. The molecule has 0 aliphatic heterocycles. The molecule has 116 valence electrons. The lowest BCUT2D eigenvalue weighted by Gasteiger charge is -2.08. The van der Waals surface area contributed by atoms with E-state index in [1.165, 1.54) is 12.8 Å². The fraction of sp³-hybridized carbons (Fsp3) is 0.533. The summed E-state index contributed by atoms with van der Waals surface area (Å²) < 4.78 is 10.6. The van der Waals surface area contributed by atoms with E-state index in [0.29, 0.717) is 23.3 Å². The fourth-order valence-electron chi connectivity index (χ4n) is 1.83. The molecule has 5 nitrogen and oxygen atoms in total. The highest BCUT2D eigenvalue weighted by Gasteiger charge is 2.20. The fourth-order valence-corrected chi connectivity index (χ4v) is 2.09. The van der Waals surface area contributed by atoms with E-state index in [1.807, 2.05) is 6.07 Å². The minimum absolute atomic E-state index is 0.374. The molecule has 6 heteroatoms. The number of aliphatic imine (C=N–C) groups is 1. The van der Waals surface area contributed by atoms with E-state index < -0.39 is 0 Å². The molecule has 21 heavy (non-hydrogen) atoms. The quantitative estimate of drug-likeness (QED) is 0.440. The molecule has 3 N–H and O–H groups in total. The minimum atomic E-state index is 0.374. The molecule has 0 bridgehead atoms. The Morgan fingerprint density at radius 1 is 1.48 bits per heavy atom. The molecule has 0 aromatic heterocycles. The van der Waals surface area contributed by atoms with Crippen molar-refractivity contribution in [1.29, 1.82) is 0 Å². The average molecular weight is 312 g/mol. The van der Waals surface area contributed by atoms with Gasteiger partial charge in [-0.15, -0.1) is 0 Å². The summed E-state index contributed by atoms with van der Waals surface area (Å²) in [4.78, 5) is 4.25. The Hall–Kier alpha value is -1.46. The van der Waals surface area contributed by atoms with Gasteiger partial charge in [0.15, 0.2) is 5.96 Å². The van der Waals surface area contributed by atoms with Gasteiger partial charge in [0.05, 0.1) is 12.1 Å². The second-order valence-corrected chi connectivity index (χ2v) is 5.52. The van der Waals surface area contributed by atoms with Crippen molar-refractivity contribution in [2.75, 3.05) is 32.2 Å². The lowest BCUT2D eigenvalue weighted by atomic mass is 10.3. The van der Waals surface area contributed by atoms with Crippen molar-refractivity contribution < 1.29 is 9.47 Å². The molecule has 0 saturated heterocycles. The third kappa shape index (κ3) is 5.81. The van der Waals surface area contributed by atoms with E-state index >= 15 is 0 Å². The van der Waals surface area contributed by atoms with Gasteiger partial charge in [0, 0.05) is 25.4 Å². The van der Waals surface area contributed by atoms with E-state index in [4.69, 9.17) is 26.8 Å². The lowest BCUT2D eigenvalue weighted by molar-refractivity contribution is 0.123. The van der Waals surface area contributed by atoms with Crippen molar-refractivity contribution in [3.63, 3.8) is 0 Å². The number of methoxy groups -OCH3 is 1. The molecular weight excluding hydrogens is 290 g/mol. The third-order valence-corrected chi connectivity index (χ3v) is 3.50. The molecule has 2 rings (SSSR count). The van der Waals surface area contributed by atoms with Gasteiger partial charge in [-0.05, 0) is 43.4 Å². The molecular formula is C15H22ClN3O2. The standard InChI is InChI=1S/C15H22ClN3O2/c1-20-14-6-5-12(9-13(14)16)19-15(17)18-7-2-8-21-10-11-3-4-11/h5-6,9,11H,2-4,7-8,10H2,1H3,(H3,17,18,19). The maximum absolute atomic E-state index is 6.04. The maximum atomic E-state index is 6.04. The van der Waals surface area contributed by atoms with Gasteiger partial charge in [0.1, 0.15) is 5.75 Å². The number of halogens is 1. The van der Waals surface area contributed by atoms with Gasteiger partial charge in [-0.25, -0.2) is 0 Å². The van der Waals surface area contributed by atoms with Crippen LogP contribution in [0, 0.1) is 5.92 Å². The largest absolute Gasteiger partial charge is 0.495 e. The normalized spacial score (nSPS) is 15.0. The molecule has 0 heterocycles. The monoisotopic (exact) mass is 311 g/mol. The van der Waals surface area contributed by atoms with Gasteiger partial charge in [0.2, 0.25) is 0 Å². The van der Waals surface area contributed by atoms with Gasteiger partial charge in [-0.1, -0.05) is 11.6 Å². The Bertz CT molecular complexity index is 490. The Morgan fingerprint density at radius 2 is 2.29 bits per heavy atom. The number of rotatable bonds is 8. The van der Waals surface area contributed by atoms with E-state index in [1.54, 1.807) is 19.2 Å². The van der Waals surface area contributed by atoms with Crippen molar-refractivity contribution >= 4 is 23.2 Å². The van der Waals surface area contributed by atoms with Gasteiger partial charge in [-0.3, -0.25) is 4.99 Å². The first-order valence-electron chi connectivity index (χ1n) is 7.17. The van der Waals surface area contributed by atoms with Crippen LogP contribution in [0.3, 0.4) is 0 Å². The van der Waals surface area contributed by atoms with Crippen LogP contribution in [-0.4, -0.2) is 32.8 Å². The van der Waals surface area contributed by atoms with Gasteiger partial charge < -0.3 is 20.5 Å². The summed E-state index contributed by atoms with van der Waals surface area (Å²) in [5, 5.41) is 3.53. The van der Waals surface area contributed by atoms with Crippen LogP contribution < -0.4 is 15.8 Å². The van der Waals surface area contributed by atoms with Crippen molar-refractivity contribution in [1.82, 2.24) is 0 Å². The first-order chi connectivity index (χ1) is 10.2. The maximum Gasteiger partial charge on any atom is 0.193 e. The summed E-state index contributed by atoms with van der Waals surface area (Å²) >= 11 is 6.04. The van der Waals surface area contributed by atoms with Gasteiger partial charge >= 0.3 is 0 Å². The van der Waals surface area contributed by atoms with Crippen LogP contribution in [0.2, 0.25) is 5.02 Å². The minimum Gasteiger partial charge on any atom is -0.495 e. The van der Waals surface area contributed by atoms with Crippen molar-refractivity contribution in [3.05, 3.63) is 23.2 Å². The zero-order valence-electron chi connectivity index (χ0n) is 12.3. The van der Waals surface area contributed by atoms with Crippen molar-refractivity contribution in [2.45, 2.75) is 19.3 Å². The Kier molecular flexibility index (Phi) is 6.14. The predicted octanol–water partition coefficient (Wildman–Crippen LogP) is 2.89. The second-order valence-electron chi connectivity index (χ2n) is 5.11. The summed E-state index contributed by atoms with van der Waals surface area (Å²) in [6.45, 7) is 2.27. The van der Waals surface area contributed by atoms with E-state index in [2.05, 4.69) is 10.3 Å². The van der Waals surface area contributed by atoms with Crippen molar-refractivity contribution in [2.24, 2.45) is 16.6 Å². The molecule has 0 radical (unpaired) electrons. The van der Waals surface area contributed by atoms with Crippen LogP contribution in [-0.2, 0) is 4.74 Å². The van der Waals surface area contributed by atoms with Crippen LogP contribution in [0.25, 0.3) is 0 Å². The Labute approximate surface area is 130 Å². The van der Waals surface area contributed by atoms with Crippen LogP contribution in [0.5, 0.6) is 5.75 Å². The number of benzene rings is 1. The number of ether oxygens (including phenoxy) is 2. The zero-order chi connectivity index (χ0) is 15.1. The molecule has 1 aromatic rings. The summed E-state index contributed by atoms with van der Waals surface area (Å²) in [5.41, 5.74) is 6.61. The van der Waals surface area contributed by atoms with Crippen LogP contribution in [0.4, 0.5) is 5.69 Å². The van der Waals surface area contributed by atoms with Crippen LogP contribution in [0.15, 0.2) is 23.2 Å². The molecule has 1 fully saturated rings. The first kappa shape index (κ1) is 15.9. The Balaban J connectivity index is 1.68. The molecule has 1 aliphatic carbocycles. The SMILES string of the molecule is COc1ccc(NC(N)=NCCCOCC2CC2)cc1Cl. The predicted molar refractivity (Wildman–Crippen MR) is 86.3 cm³/mol. The number of nitrogens with one attached hydrogen (secondary N) is 1. The smallest absolute Gasteiger partial charge is 0.193 e. The number of nitrogens with zero attached hydrogens (tertiary/aromatic N) is 1. The number of nitrogens with two attached hydrogens (primary N) is 1. The Morgan fingerprint density at radius 3 is 2.95 bits per heavy atom. The van der Waals surface area contributed by atoms with E-state index in [0.717, 1.165) is 31.2 Å². The highest BCUT2D eigenvalue weighted by Crippen LogP contribution is 2.28. The molecule has 0 spiro atoms. The first-order valence-corrected chi connectivity index (χ1v) is 7.55. The molecule has 0 amide bonds. The van der Waals surface area contributed by atoms with E-state index in [-0.39, 0.29) is 0 Å². The average Bonchev–Trinajstić information content (AvgIpc) is 3.27. The lowest BCUT2D eigenvalue weighted by Crippen LogP contribution is -2.23.